The Bertz CT molecular complexity index is 457. The molecule has 1 heterocycles. The summed E-state index contributed by atoms with van der Waals surface area (Å²) in [7, 11) is 1.89. The molecule has 1 aromatic rings. The van der Waals surface area contributed by atoms with Crippen molar-refractivity contribution in [3.63, 3.8) is 0 Å². The van der Waals surface area contributed by atoms with Gasteiger partial charge in [0.25, 0.3) is 0 Å². The molecule has 112 valence electrons. The standard InChI is InChI=1S/C15H24BrN3O/c1-4-20-15(9-7-5-6-8-10-15)14-18-11(2)12(16)13(17-3)19-14/h4-10H2,1-3H3,(H,17,18,19). The van der Waals surface area contributed by atoms with E-state index in [-0.39, 0.29) is 5.60 Å². The fraction of sp³-hybridized carbons (Fsp3) is 0.733. The van der Waals surface area contributed by atoms with E-state index >= 15 is 0 Å². The summed E-state index contributed by atoms with van der Waals surface area (Å²) >= 11 is 3.54. The number of nitrogens with zero attached hydrogens (tertiary/aromatic N) is 2. The lowest BCUT2D eigenvalue weighted by atomic mass is 9.93. The molecule has 0 atom stereocenters. The Morgan fingerprint density at radius 3 is 2.40 bits per heavy atom. The number of aryl methyl sites for hydroxylation is 1. The summed E-state index contributed by atoms with van der Waals surface area (Å²) in [6, 6.07) is 0. The van der Waals surface area contributed by atoms with Gasteiger partial charge in [-0.3, -0.25) is 0 Å². The highest BCUT2D eigenvalue weighted by atomic mass is 79.9. The average molecular weight is 342 g/mol. The number of halogens is 1. The van der Waals surface area contributed by atoms with Gasteiger partial charge < -0.3 is 10.1 Å². The molecule has 0 spiro atoms. The fourth-order valence-corrected chi connectivity index (χ4v) is 3.31. The van der Waals surface area contributed by atoms with Crippen LogP contribution in [0.4, 0.5) is 5.82 Å². The summed E-state index contributed by atoms with van der Waals surface area (Å²) < 4.78 is 7.10. The van der Waals surface area contributed by atoms with E-state index in [4.69, 9.17) is 14.7 Å². The molecule has 1 aliphatic rings. The van der Waals surface area contributed by atoms with Crippen molar-refractivity contribution in [3.8, 4) is 0 Å². The van der Waals surface area contributed by atoms with Crippen molar-refractivity contribution in [2.75, 3.05) is 19.0 Å². The Morgan fingerprint density at radius 1 is 1.20 bits per heavy atom. The number of aromatic nitrogens is 2. The van der Waals surface area contributed by atoms with Crippen LogP contribution in [-0.2, 0) is 10.3 Å². The predicted molar refractivity (Wildman–Crippen MR) is 85.0 cm³/mol. The van der Waals surface area contributed by atoms with Gasteiger partial charge in [0.1, 0.15) is 11.4 Å². The fourth-order valence-electron chi connectivity index (χ4n) is 2.94. The summed E-state index contributed by atoms with van der Waals surface area (Å²) in [5.74, 6) is 1.68. The first-order valence-corrected chi connectivity index (χ1v) is 8.28. The molecule has 1 aromatic heterocycles. The number of hydrogen-bond donors (Lipinski definition) is 1. The van der Waals surface area contributed by atoms with Crippen LogP contribution < -0.4 is 5.32 Å². The summed E-state index contributed by atoms with van der Waals surface area (Å²) in [6.07, 6.45) is 6.98. The molecule has 0 amide bonds. The van der Waals surface area contributed by atoms with Gasteiger partial charge in [0.15, 0.2) is 5.82 Å². The third kappa shape index (κ3) is 3.14. The summed E-state index contributed by atoms with van der Waals surface area (Å²) in [4.78, 5) is 9.43. The lowest BCUT2D eigenvalue weighted by Gasteiger charge is -2.31. The molecule has 0 saturated heterocycles. The molecule has 4 nitrogen and oxygen atoms in total. The summed E-state index contributed by atoms with van der Waals surface area (Å²) in [5, 5.41) is 3.14. The van der Waals surface area contributed by atoms with Gasteiger partial charge in [0.05, 0.1) is 10.2 Å². The van der Waals surface area contributed by atoms with Gasteiger partial charge in [-0.2, -0.15) is 0 Å². The monoisotopic (exact) mass is 341 g/mol. The zero-order valence-electron chi connectivity index (χ0n) is 12.6. The van der Waals surface area contributed by atoms with Crippen molar-refractivity contribution in [3.05, 3.63) is 16.0 Å². The van der Waals surface area contributed by atoms with Gasteiger partial charge in [0.2, 0.25) is 0 Å². The van der Waals surface area contributed by atoms with E-state index in [1.807, 2.05) is 14.0 Å². The van der Waals surface area contributed by atoms with Gasteiger partial charge in [-0.1, -0.05) is 25.7 Å². The van der Waals surface area contributed by atoms with Gasteiger partial charge in [-0.05, 0) is 42.6 Å². The van der Waals surface area contributed by atoms with E-state index in [0.717, 1.165) is 34.7 Å². The highest BCUT2D eigenvalue weighted by Crippen LogP contribution is 2.39. The van der Waals surface area contributed by atoms with E-state index in [0.29, 0.717) is 6.61 Å². The van der Waals surface area contributed by atoms with Crippen molar-refractivity contribution < 1.29 is 4.74 Å². The van der Waals surface area contributed by atoms with E-state index < -0.39 is 0 Å². The SMILES string of the molecule is CCOC1(c2nc(C)c(Br)c(NC)n2)CCCCCC1. The van der Waals surface area contributed by atoms with Crippen LogP contribution in [0.1, 0.15) is 57.0 Å². The van der Waals surface area contributed by atoms with E-state index in [1.165, 1.54) is 25.7 Å². The van der Waals surface area contributed by atoms with Crippen molar-refractivity contribution in [2.45, 2.75) is 58.0 Å². The first-order chi connectivity index (χ1) is 9.63. The molecule has 1 fully saturated rings. The van der Waals surface area contributed by atoms with Crippen LogP contribution in [0, 0.1) is 6.92 Å². The number of rotatable bonds is 4. The van der Waals surface area contributed by atoms with Crippen molar-refractivity contribution in [1.29, 1.82) is 0 Å². The quantitative estimate of drug-likeness (QED) is 0.834. The minimum absolute atomic E-state index is 0.303. The number of anilines is 1. The molecule has 5 heteroatoms. The molecule has 1 saturated carbocycles. The minimum atomic E-state index is -0.303. The first kappa shape index (κ1) is 15.7. The van der Waals surface area contributed by atoms with Crippen LogP contribution in [-0.4, -0.2) is 23.6 Å². The van der Waals surface area contributed by atoms with E-state index in [9.17, 15) is 0 Å². The molecular formula is C15H24BrN3O. The van der Waals surface area contributed by atoms with Crippen molar-refractivity contribution in [1.82, 2.24) is 9.97 Å². The lowest BCUT2D eigenvalue weighted by molar-refractivity contribution is -0.0624. The Labute approximate surface area is 129 Å². The second-order valence-electron chi connectivity index (χ2n) is 5.39. The second kappa shape index (κ2) is 6.85. The Balaban J connectivity index is 2.45. The topological polar surface area (TPSA) is 47.0 Å². The van der Waals surface area contributed by atoms with Gasteiger partial charge in [-0.15, -0.1) is 0 Å². The van der Waals surface area contributed by atoms with E-state index in [1.54, 1.807) is 0 Å². The molecule has 0 radical (unpaired) electrons. The zero-order chi connectivity index (χ0) is 14.6. The molecule has 1 aliphatic carbocycles. The maximum atomic E-state index is 6.16. The lowest BCUT2D eigenvalue weighted by Crippen LogP contribution is -2.32. The molecular weight excluding hydrogens is 318 g/mol. The normalized spacial score (nSPS) is 18.6. The van der Waals surface area contributed by atoms with Crippen LogP contribution in [0.2, 0.25) is 0 Å². The summed E-state index contributed by atoms with van der Waals surface area (Å²) in [6.45, 7) is 4.76. The smallest absolute Gasteiger partial charge is 0.162 e. The first-order valence-electron chi connectivity index (χ1n) is 7.49. The predicted octanol–water partition coefficient (Wildman–Crippen LogP) is 4.18. The van der Waals surface area contributed by atoms with Crippen LogP contribution in [0.5, 0.6) is 0 Å². The van der Waals surface area contributed by atoms with Crippen LogP contribution in [0.15, 0.2) is 4.47 Å². The molecule has 0 unspecified atom stereocenters. The molecule has 1 N–H and O–H groups in total. The molecule has 0 aliphatic heterocycles. The van der Waals surface area contributed by atoms with Crippen LogP contribution in [0.25, 0.3) is 0 Å². The highest BCUT2D eigenvalue weighted by Gasteiger charge is 2.37. The maximum absolute atomic E-state index is 6.16. The zero-order valence-corrected chi connectivity index (χ0v) is 14.2. The number of nitrogens with one attached hydrogen (secondary N) is 1. The Hall–Kier alpha value is -0.680. The third-order valence-electron chi connectivity index (χ3n) is 3.99. The van der Waals surface area contributed by atoms with Crippen molar-refractivity contribution in [2.24, 2.45) is 0 Å². The molecule has 20 heavy (non-hydrogen) atoms. The molecule has 0 bridgehead atoms. The molecule has 0 aromatic carbocycles. The highest BCUT2D eigenvalue weighted by molar-refractivity contribution is 9.10. The van der Waals surface area contributed by atoms with Crippen LogP contribution >= 0.6 is 15.9 Å². The maximum Gasteiger partial charge on any atom is 0.162 e. The summed E-state index contributed by atoms with van der Waals surface area (Å²) in [5.41, 5.74) is 0.658. The molecule has 2 rings (SSSR count). The van der Waals surface area contributed by atoms with Gasteiger partial charge in [0, 0.05) is 13.7 Å². The largest absolute Gasteiger partial charge is 0.372 e. The van der Waals surface area contributed by atoms with Gasteiger partial charge in [-0.25, -0.2) is 9.97 Å². The van der Waals surface area contributed by atoms with E-state index in [2.05, 4.69) is 28.2 Å². The average Bonchev–Trinajstić information content (AvgIpc) is 2.68. The Kier molecular flexibility index (Phi) is 5.38. The minimum Gasteiger partial charge on any atom is -0.372 e. The number of ether oxygens (including phenoxy) is 1. The van der Waals surface area contributed by atoms with Crippen molar-refractivity contribution >= 4 is 21.7 Å². The second-order valence-corrected chi connectivity index (χ2v) is 6.18. The third-order valence-corrected chi connectivity index (χ3v) is 4.94. The van der Waals surface area contributed by atoms with Gasteiger partial charge >= 0.3 is 0 Å². The number of hydrogen-bond acceptors (Lipinski definition) is 4. The van der Waals surface area contributed by atoms with Crippen LogP contribution in [0.3, 0.4) is 0 Å². The Morgan fingerprint density at radius 2 is 1.85 bits per heavy atom.